The highest BCUT2D eigenvalue weighted by atomic mass is 35.5. The molecule has 0 spiro atoms. The Kier molecular flexibility index (Phi) is 3.91. The number of benzene rings is 1. The van der Waals surface area contributed by atoms with Gasteiger partial charge in [0.15, 0.2) is 0 Å². The Hall–Kier alpha value is -1.38. The molecule has 0 atom stereocenters. The van der Waals surface area contributed by atoms with Crippen LogP contribution in [-0.2, 0) is 13.1 Å². The van der Waals surface area contributed by atoms with Crippen LogP contribution in [0.1, 0.15) is 11.1 Å². The standard InChI is InChI=1S/C13H13ClN2/c14-13-12(7-4-8-16-13)10-15-9-11-5-2-1-3-6-11/h1-8,15H,9-10H2. The summed E-state index contributed by atoms with van der Waals surface area (Å²) in [6.07, 6.45) is 1.70. The van der Waals surface area contributed by atoms with E-state index in [1.54, 1.807) is 6.20 Å². The van der Waals surface area contributed by atoms with Crippen LogP contribution in [-0.4, -0.2) is 4.98 Å². The molecule has 0 unspecified atom stereocenters. The largest absolute Gasteiger partial charge is 0.309 e. The molecule has 1 N–H and O–H groups in total. The maximum atomic E-state index is 5.95. The fourth-order valence-corrected chi connectivity index (χ4v) is 1.67. The third kappa shape index (κ3) is 3.05. The van der Waals surface area contributed by atoms with Crippen LogP contribution < -0.4 is 5.32 Å². The summed E-state index contributed by atoms with van der Waals surface area (Å²) in [5.41, 5.74) is 2.29. The lowest BCUT2D eigenvalue weighted by Gasteiger charge is -2.05. The minimum atomic E-state index is 0.572. The molecule has 0 saturated carbocycles. The van der Waals surface area contributed by atoms with Gasteiger partial charge in [0.1, 0.15) is 5.15 Å². The van der Waals surface area contributed by atoms with Crippen molar-refractivity contribution in [3.8, 4) is 0 Å². The highest BCUT2D eigenvalue weighted by molar-refractivity contribution is 6.30. The van der Waals surface area contributed by atoms with Gasteiger partial charge in [0, 0.05) is 24.8 Å². The van der Waals surface area contributed by atoms with Crippen LogP contribution >= 0.6 is 11.6 Å². The molecule has 16 heavy (non-hydrogen) atoms. The Morgan fingerprint density at radius 2 is 1.81 bits per heavy atom. The summed E-state index contributed by atoms with van der Waals surface area (Å²) >= 11 is 5.95. The zero-order chi connectivity index (χ0) is 11.2. The van der Waals surface area contributed by atoms with Crippen molar-refractivity contribution in [3.05, 3.63) is 64.9 Å². The summed E-state index contributed by atoms with van der Waals surface area (Å²) in [5, 5.41) is 3.91. The van der Waals surface area contributed by atoms with Gasteiger partial charge in [-0.1, -0.05) is 48.0 Å². The smallest absolute Gasteiger partial charge is 0.133 e. The monoisotopic (exact) mass is 232 g/mol. The fraction of sp³-hybridized carbons (Fsp3) is 0.154. The molecule has 0 aliphatic rings. The molecule has 0 fully saturated rings. The Labute approximate surface area is 100 Å². The lowest BCUT2D eigenvalue weighted by molar-refractivity contribution is 0.691. The first-order valence-electron chi connectivity index (χ1n) is 5.20. The third-order valence-electron chi connectivity index (χ3n) is 2.32. The maximum absolute atomic E-state index is 5.95. The van der Waals surface area contributed by atoms with Crippen LogP contribution in [0, 0.1) is 0 Å². The van der Waals surface area contributed by atoms with E-state index in [0.29, 0.717) is 5.15 Å². The summed E-state index contributed by atoms with van der Waals surface area (Å²) in [6.45, 7) is 1.58. The Balaban J connectivity index is 1.87. The highest BCUT2D eigenvalue weighted by Gasteiger charge is 1.99. The number of rotatable bonds is 4. The van der Waals surface area contributed by atoms with Gasteiger partial charge in [-0.25, -0.2) is 4.98 Å². The van der Waals surface area contributed by atoms with Gasteiger partial charge in [-0.15, -0.1) is 0 Å². The Morgan fingerprint density at radius 3 is 2.56 bits per heavy atom. The van der Waals surface area contributed by atoms with E-state index in [4.69, 9.17) is 11.6 Å². The predicted molar refractivity (Wildman–Crippen MR) is 66.2 cm³/mol. The van der Waals surface area contributed by atoms with E-state index in [1.807, 2.05) is 30.3 Å². The van der Waals surface area contributed by atoms with Crippen molar-refractivity contribution >= 4 is 11.6 Å². The number of nitrogens with zero attached hydrogens (tertiary/aromatic N) is 1. The second-order valence-corrected chi connectivity index (χ2v) is 3.90. The summed E-state index contributed by atoms with van der Waals surface area (Å²) in [7, 11) is 0. The highest BCUT2D eigenvalue weighted by Crippen LogP contribution is 2.11. The predicted octanol–water partition coefficient (Wildman–Crippen LogP) is 3.02. The van der Waals surface area contributed by atoms with Crippen LogP contribution in [0.3, 0.4) is 0 Å². The van der Waals surface area contributed by atoms with E-state index in [2.05, 4.69) is 22.4 Å². The Morgan fingerprint density at radius 1 is 1.00 bits per heavy atom. The minimum Gasteiger partial charge on any atom is -0.309 e. The molecule has 0 radical (unpaired) electrons. The average molecular weight is 233 g/mol. The summed E-state index contributed by atoms with van der Waals surface area (Å²) in [6, 6.07) is 14.2. The lowest BCUT2D eigenvalue weighted by Crippen LogP contribution is -2.13. The van der Waals surface area contributed by atoms with Gasteiger partial charge in [0.2, 0.25) is 0 Å². The first-order valence-corrected chi connectivity index (χ1v) is 5.58. The van der Waals surface area contributed by atoms with Gasteiger partial charge in [-0.3, -0.25) is 0 Å². The zero-order valence-corrected chi connectivity index (χ0v) is 9.61. The Bertz CT molecular complexity index is 443. The molecule has 1 heterocycles. The molecule has 0 amide bonds. The van der Waals surface area contributed by atoms with Crippen molar-refractivity contribution < 1.29 is 0 Å². The van der Waals surface area contributed by atoms with Gasteiger partial charge >= 0.3 is 0 Å². The average Bonchev–Trinajstić information content (AvgIpc) is 2.33. The van der Waals surface area contributed by atoms with E-state index in [9.17, 15) is 0 Å². The SMILES string of the molecule is Clc1ncccc1CNCc1ccccc1. The van der Waals surface area contributed by atoms with Gasteiger partial charge in [0.05, 0.1) is 0 Å². The molecular weight excluding hydrogens is 220 g/mol. The summed E-state index contributed by atoms with van der Waals surface area (Å²) < 4.78 is 0. The second-order valence-electron chi connectivity index (χ2n) is 3.54. The second kappa shape index (κ2) is 5.64. The molecule has 0 saturated heterocycles. The maximum Gasteiger partial charge on any atom is 0.133 e. The number of nitrogens with one attached hydrogen (secondary N) is 1. The van der Waals surface area contributed by atoms with Crippen LogP contribution in [0.4, 0.5) is 0 Å². The molecule has 1 aromatic heterocycles. The van der Waals surface area contributed by atoms with Gasteiger partial charge in [-0.2, -0.15) is 0 Å². The van der Waals surface area contributed by atoms with Crippen LogP contribution in [0.5, 0.6) is 0 Å². The van der Waals surface area contributed by atoms with Crippen molar-refractivity contribution in [3.63, 3.8) is 0 Å². The topological polar surface area (TPSA) is 24.9 Å². The van der Waals surface area contributed by atoms with E-state index >= 15 is 0 Å². The van der Waals surface area contributed by atoms with Crippen molar-refractivity contribution in [1.82, 2.24) is 10.3 Å². The van der Waals surface area contributed by atoms with Crippen molar-refractivity contribution in [1.29, 1.82) is 0 Å². The molecule has 0 bridgehead atoms. The first-order chi connectivity index (χ1) is 7.86. The number of pyridine rings is 1. The number of hydrogen-bond donors (Lipinski definition) is 1. The number of aromatic nitrogens is 1. The summed E-state index contributed by atoms with van der Waals surface area (Å²) in [4.78, 5) is 4.03. The van der Waals surface area contributed by atoms with Crippen molar-refractivity contribution in [2.75, 3.05) is 0 Å². The fourth-order valence-electron chi connectivity index (χ4n) is 1.49. The van der Waals surface area contributed by atoms with Gasteiger partial charge in [0.25, 0.3) is 0 Å². The molecule has 82 valence electrons. The normalized spacial score (nSPS) is 10.3. The first kappa shape index (κ1) is 11.1. The molecule has 1 aromatic carbocycles. The number of hydrogen-bond acceptors (Lipinski definition) is 2. The van der Waals surface area contributed by atoms with E-state index < -0.39 is 0 Å². The molecule has 2 rings (SSSR count). The summed E-state index contributed by atoms with van der Waals surface area (Å²) in [5.74, 6) is 0. The molecule has 0 aliphatic carbocycles. The van der Waals surface area contributed by atoms with E-state index in [-0.39, 0.29) is 0 Å². The van der Waals surface area contributed by atoms with Crippen molar-refractivity contribution in [2.24, 2.45) is 0 Å². The molecular formula is C13H13ClN2. The quantitative estimate of drug-likeness (QED) is 0.820. The van der Waals surface area contributed by atoms with E-state index in [1.165, 1.54) is 5.56 Å². The number of halogens is 1. The zero-order valence-electron chi connectivity index (χ0n) is 8.86. The molecule has 2 nitrogen and oxygen atoms in total. The molecule has 3 heteroatoms. The van der Waals surface area contributed by atoms with E-state index in [0.717, 1.165) is 18.7 Å². The van der Waals surface area contributed by atoms with Crippen LogP contribution in [0.2, 0.25) is 5.15 Å². The lowest BCUT2D eigenvalue weighted by atomic mass is 10.2. The minimum absolute atomic E-state index is 0.572. The molecule has 2 aromatic rings. The third-order valence-corrected chi connectivity index (χ3v) is 2.66. The van der Waals surface area contributed by atoms with Gasteiger partial charge in [-0.05, 0) is 11.6 Å². The van der Waals surface area contributed by atoms with Gasteiger partial charge < -0.3 is 5.32 Å². The van der Waals surface area contributed by atoms with Crippen LogP contribution in [0.15, 0.2) is 48.7 Å². The van der Waals surface area contributed by atoms with Crippen molar-refractivity contribution in [2.45, 2.75) is 13.1 Å². The molecule has 0 aliphatic heterocycles. The van der Waals surface area contributed by atoms with Crippen LogP contribution in [0.25, 0.3) is 0 Å².